The van der Waals surface area contributed by atoms with E-state index < -0.39 is 56.8 Å². The van der Waals surface area contributed by atoms with Gasteiger partial charge in [-0.2, -0.15) is 0 Å². The molecule has 0 saturated carbocycles. The van der Waals surface area contributed by atoms with E-state index in [4.69, 9.17) is 47.1 Å². The Morgan fingerprint density at radius 2 is 0.961 bits per heavy atom. The molecule has 8 rings (SSSR count). The number of hydrogen-bond donors (Lipinski definition) is 1. The van der Waals surface area contributed by atoms with E-state index in [-0.39, 0.29) is 51.5 Å². The first-order valence-electron chi connectivity index (χ1n) is 26.6. The highest BCUT2D eigenvalue weighted by molar-refractivity contribution is 6.74. The van der Waals surface area contributed by atoms with E-state index >= 15 is 0 Å². The number of methoxy groups -OCH3 is 1. The molecule has 406 valence electrons. The fourth-order valence-corrected chi connectivity index (χ4v) is 10.6. The lowest BCUT2D eigenvalue weighted by Gasteiger charge is -2.41. The first-order valence-corrected chi connectivity index (χ1v) is 29.5. The van der Waals surface area contributed by atoms with E-state index in [0.29, 0.717) is 6.61 Å². The van der Waals surface area contributed by atoms with E-state index in [2.05, 4.69) is 70.3 Å². The molecule has 1 N–H and O–H groups in total. The molecule has 1 saturated heterocycles. The van der Waals surface area contributed by atoms with Crippen molar-refractivity contribution in [2.75, 3.05) is 33.7 Å². The van der Waals surface area contributed by atoms with Gasteiger partial charge in [0.2, 0.25) is 0 Å². The Hall–Kier alpha value is -5.84. The number of aliphatic hydroxyl groups excluding tert-OH is 1. The summed E-state index contributed by atoms with van der Waals surface area (Å²) in [6, 6.07) is 68.2. The standard InChI is InChI=1S/C65H76O11Si/c1-64(2,3)77(5,6)76-61-59(47-74-65(53-33-21-11-22-34-53,54-35-23-12-24-36-54)55-37-39-56(67-4)40-38-55)75-63(62(61)73-48-68-42-49-25-13-7-14-26-49)72-46-58(70-44-51-29-17-9-18-30-51)60(71-45-52-31-19-10-20-32-52)57(41-66)69-43-50-27-15-8-16-28-50/h7-40,57-63,66H,41-48H2,1-6H3/t57-,58+,59-,60-,61-,62-,63-/m1/s1. The maximum atomic E-state index is 11.2. The Bertz CT molecular complexity index is 2690. The van der Waals surface area contributed by atoms with Gasteiger partial charge in [-0.25, -0.2) is 0 Å². The number of ether oxygens (including phenoxy) is 9. The minimum atomic E-state index is -2.59. The highest BCUT2D eigenvalue weighted by Crippen LogP contribution is 2.44. The van der Waals surface area contributed by atoms with Crippen LogP contribution in [-0.4, -0.2) is 90.1 Å². The summed E-state index contributed by atoms with van der Waals surface area (Å²) in [6.07, 6.45) is -5.65. The summed E-state index contributed by atoms with van der Waals surface area (Å²) >= 11 is 0. The van der Waals surface area contributed by atoms with Crippen LogP contribution in [0.2, 0.25) is 18.1 Å². The Labute approximate surface area is 457 Å². The number of rotatable bonds is 29. The molecule has 0 aromatic heterocycles. The average molecular weight is 1060 g/mol. The number of aliphatic hydroxyl groups is 1. The maximum absolute atomic E-state index is 11.2. The van der Waals surface area contributed by atoms with E-state index in [1.54, 1.807) is 7.11 Å². The summed E-state index contributed by atoms with van der Waals surface area (Å²) < 4.78 is 68.2. The summed E-state index contributed by atoms with van der Waals surface area (Å²) in [5, 5.41) is 11.0. The van der Waals surface area contributed by atoms with E-state index in [9.17, 15) is 5.11 Å². The van der Waals surface area contributed by atoms with Crippen LogP contribution in [0.15, 0.2) is 206 Å². The lowest BCUT2D eigenvalue weighted by Crippen LogP contribution is -2.51. The first-order chi connectivity index (χ1) is 37.5. The fraction of sp³-hybridized carbons (Fsp3) is 0.354. The second-order valence-electron chi connectivity index (χ2n) is 20.9. The fourth-order valence-electron chi connectivity index (χ4n) is 9.24. The van der Waals surface area contributed by atoms with Crippen LogP contribution in [-0.2, 0) is 74.3 Å². The van der Waals surface area contributed by atoms with E-state index in [1.165, 1.54) is 0 Å². The van der Waals surface area contributed by atoms with Crippen LogP contribution >= 0.6 is 0 Å². The summed E-state index contributed by atoms with van der Waals surface area (Å²) in [7, 11) is -0.924. The van der Waals surface area contributed by atoms with E-state index in [1.807, 2.05) is 170 Å². The minimum Gasteiger partial charge on any atom is -0.497 e. The van der Waals surface area contributed by atoms with Crippen LogP contribution in [0.5, 0.6) is 5.75 Å². The van der Waals surface area contributed by atoms with Crippen molar-refractivity contribution in [3.8, 4) is 5.75 Å². The molecule has 0 bridgehead atoms. The van der Waals surface area contributed by atoms with Crippen LogP contribution in [0.4, 0.5) is 0 Å². The van der Waals surface area contributed by atoms with Crippen molar-refractivity contribution in [1.82, 2.24) is 0 Å². The molecule has 77 heavy (non-hydrogen) atoms. The molecule has 1 aliphatic heterocycles. The third-order valence-corrected chi connectivity index (χ3v) is 19.0. The van der Waals surface area contributed by atoms with Crippen LogP contribution in [0, 0.1) is 0 Å². The second kappa shape index (κ2) is 28.2. The van der Waals surface area contributed by atoms with E-state index in [0.717, 1.165) is 44.7 Å². The van der Waals surface area contributed by atoms with Crippen molar-refractivity contribution < 1.29 is 52.2 Å². The third kappa shape index (κ3) is 15.5. The zero-order valence-corrected chi connectivity index (χ0v) is 46.4. The summed E-state index contributed by atoms with van der Waals surface area (Å²) in [6.45, 7) is 11.7. The molecule has 0 amide bonds. The highest BCUT2D eigenvalue weighted by Gasteiger charge is 2.53. The molecule has 0 aliphatic carbocycles. The lowest BCUT2D eigenvalue weighted by atomic mass is 9.80. The average Bonchev–Trinajstić information content (AvgIpc) is 3.81. The minimum absolute atomic E-state index is 0.0446. The summed E-state index contributed by atoms with van der Waals surface area (Å²) in [5.74, 6) is 0.729. The van der Waals surface area contributed by atoms with Crippen molar-refractivity contribution in [3.63, 3.8) is 0 Å². The Kier molecular flexibility index (Phi) is 21.0. The molecule has 1 heterocycles. The van der Waals surface area contributed by atoms with Gasteiger partial charge in [0.1, 0.15) is 54.8 Å². The Morgan fingerprint density at radius 3 is 1.43 bits per heavy atom. The second-order valence-corrected chi connectivity index (χ2v) is 25.6. The van der Waals surface area contributed by atoms with Gasteiger partial charge in [-0.05, 0) is 69.2 Å². The molecule has 7 atom stereocenters. The largest absolute Gasteiger partial charge is 0.497 e. The molecule has 7 aromatic rings. The van der Waals surface area contributed by atoms with Gasteiger partial charge in [-0.3, -0.25) is 0 Å². The van der Waals surface area contributed by atoms with Crippen LogP contribution in [0.3, 0.4) is 0 Å². The Balaban J connectivity index is 1.17. The van der Waals surface area contributed by atoms with Crippen molar-refractivity contribution in [2.24, 2.45) is 0 Å². The Morgan fingerprint density at radius 1 is 0.519 bits per heavy atom. The zero-order valence-electron chi connectivity index (χ0n) is 45.4. The van der Waals surface area contributed by atoms with Gasteiger partial charge < -0.3 is 52.2 Å². The zero-order chi connectivity index (χ0) is 53.9. The SMILES string of the molecule is COc1ccc(C(OC[C@H]2O[C@@H](OC[C@H](OCc3ccccc3)[C@H](OCc3ccccc3)[C@@H](CO)OCc3ccccc3)[C@H](OCOCc3ccccc3)[C@@H]2O[Si](C)(C)C(C)(C)C)(c2ccccc2)c2ccccc2)cc1. The molecule has 1 aliphatic rings. The maximum Gasteiger partial charge on any atom is 0.192 e. The van der Waals surface area contributed by atoms with Crippen LogP contribution in [0.1, 0.15) is 59.7 Å². The van der Waals surface area contributed by atoms with Crippen molar-refractivity contribution in [1.29, 1.82) is 0 Å². The van der Waals surface area contributed by atoms with Gasteiger partial charge in [0.05, 0.1) is 53.4 Å². The molecule has 11 nitrogen and oxygen atoms in total. The molecule has 0 unspecified atom stereocenters. The smallest absolute Gasteiger partial charge is 0.192 e. The predicted octanol–water partition coefficient (Wildman–Crippen LogP) is 12.4. The van der Waals surface area contributed by atoms with Gasteiger partial charge in [-0.1, -0.05) is 215 Å². The van der Waals surface area contributed by atoms with Crippen molar-refractivity contribution >= 4 is 8.32 Å². The van der Waals surface area contributed by atoms with Gasteiger partial charge >= 0.3 is 0 Å². The number of hydrogen-bond acceptors (Lipinski definition) is 11. The first kappa shape index (κ1) is 57.3. The molecule has 1 fully saturated rings. The van der Waals surface area contributed by atoms with Crippen molar-refractivity contribution in [3.05, 3.63) is 245 Å². The molecule has 0 radical (unpaired) electrons. The molecule has 0 spiro atoms. The quantitative estimate of drug-likeness (QED) is 0.0209. The normalized spacial score (nSPS) is 18.2. The van der Waals surface area contributed by atoms with Crippen LogP contribution in [0.25, 0.3) is 0 Å². The van der Waals surface area contributed by atoms with Crippen molar-refractivity contribution in [2.45, 2.75) is 114 Å². The molecular weight excluding hydrogens is 985 g/mol. The van der Waals surface area contributed by atoms with Gasteiger partial charge in [0.15, 0.2) is 14.6 Å². The van der Waals surface area contributed by atoms with Crippen LogP contribution < -0.4 is 4.74 Å². The highest BCUT2D eigenvalue weighted by atomic mass is 28.4. The van der Waals surface area contributed by atoms with Gasteiger partial charge in [-0.15, -0.1) is 0 Å². The number of benzene rings is 7. The monoisotopic (exact) mass is 1060 g/mol. The lowest BCUT2D eigenvalue weighted by molar-refractivity contribution is -0.232. The summed E-state index contributed by atoms with van der Waals surface area (Å²) in [4.78, 5) is 0. The topological polar surface area (TPSA) is 113 Å². The summed E-state index contributed by atoms with van der Waals surface area (Å²) in [5.41, 5.74) is 5.53. The van der Waals surface area contributed by atoms with Gasteiger partial charge in [0, 0.05) is 0 Å². The van der Waals surface area contributed by atoms with Gasteiger partial charge in [0.25, 0.3) is 0 Å². The molecule has 12 heteroatoms. The third-order valence-electron chi connectivity index (χ3n) is 14.5. The predicted molar refractivity (Wildman–Crippen MR) is 302 cm³/mol. The molecule has 7 aromatic carbocycles. The molecular formula is C65H76O11Si.